The molecule has 1 aromatic carbocycles. The highest BCUT2D eigenvalue weighted by molar-refractivity contribution is 14.0. The molecule has 2 N–H and O–H groups in total. The van der Waals surface area contributed by atoms with Gasteiger partial charge >= 0.3 is 6.18 Å². The lowest BCUT2D eigenvalue weighted by atomic mass is 10.2. The number of nitrogens with one attached hydrogen (secondary N) is 2. The Morgan fingerprint density at radius 1 is 1.26 bits per heavy atom. The number of hydrogen-bond donors (Lipinski definition) is 2. The van der Waals surface area contributed by atoms with E-state index in [9.17, 15) is 13.2 Å². The highest BCUT2D eigenvalue weighted by Crippen LogP contribution is 2.20. The van der Waals surface area contributed by atoms with Gasteiger partial charge in [-0.15, -0.1) is 24.0 Å². The molecule has 23 heavy (non-hydrogen) atoms. The Kier molecular flexibility index (Phi) is 7.93. The van der Waals surface area contributed by atoms with Crippen molar-refractivity contribution >= 4 is 29.9 Å². The van der Waals surface area contributed by atoms with Gasteiger partial charge in [0.25, 0.3) is 0 Å². The van der Waals surface area contributed by atoms with Crippen LogP contribution < -0.4 is 15.4 Å². The number of aliphatic imine (C=N–C) groups is 1. The van der Waals surface area contributed by atoms with Crippen molar-refractivity contribution in [3.63, 3.8) is 0 Å². The van der Waals surface area contributed by atoms with Crippen LogP contribution in [0.1, 0.15) is 25.3 Å². The fourth-order valence-electron chi connectivity index (χ4n) is 1.77. The molecule has 1 aliphatic carbocycles. The highest BCUT2D eigenvalue weighted by Gasteiger charge is 2.28. The zero-order valence-electron chi connectivity index (χ0n) is 12.8. The monoisotopic (exact) mass is 443 g/mol. The van der Waals surface area contributed by atoms with Crippen LogP contribution in [0.25, 0.3) is 0 Å². The lowest BCUT2D eigenvalue weighted by Gasteiger charge is -2.11. The summed E-state index contributed by atoms with van der Waals surface area (Å²) in [6, 6.07) is 7.00. The molecule has 0 unspecified atom stereocenters. The molecule has 0 amide bonds. The number of nitrogens with zero attached hydrogens (tertiary/aromatic N) is 1. The van der Waals surface area contributed by atoms with Gasteiger partial charge in [0.1, 0.15) is 5.75 Å². The second kappa shape index (κ2) is 9.19. The number of benzene rings is 1. The van der Waals surface area contributed by atoms with E-state index in [1.807, 2.05) is 6.92 Å². The average molecular weight is 443 g/mol. The van der Waals surface area contributed by atoms with Gasteiger partial charge in [0.15, 0.2) is 12.6 Å². The number of halogens is 4. The van der Waals surface area contributed by atoms with Crippen molar-refractivity contribution in [1.29, 1.82) is 0 Å². The average Bonchev–Trinajstić information content (AvgIpc) is 3.27. The number of rotatable bonds is 6. The third-order valence-electron chi connectivity index (χ3n) is 3.01. The van der Waals surface area contributed by atoms with Crippen LogP contribution in [0.3, 0.4) is 0 Å². The zero-order chi connectivity index (χ0) is 16.0. The van der Waals surface area contributed by atoms with Gasteiger partial charge in [0.2, 0.25) is 0 Å². The van der Waals surface area contributed by atoms with Crippen LogP contribution in [0.4, 0.5) is 13.2 Å². The summed E-state index contributed by atoms with van der Waals surface area (Å²) in [5.41, 5.74) is 0.910. The largest absolute Gasteiger partial charge is 0.484 e. The molecule has 0 saturated heterocycles. The van der Waals surface area contributed by atoms with Crippen molar-refractivity contribution in [2.24, 2.45) is 4.99 Å². The summed E-state index contributed by atoms with van der Waals surface area (Å²) in [7, 11) is 0. The number of hydrogen-bond acceptors (Lipinski definition) is 2. The predicted octanol–water partition coefficient (Wildman–Crippen LogP) is 3.46. The van der Waals surface area contributed by atoms with E-state index in [0.29, 0.717) is 12.6 Å². The molecule has 1 saturated carbocycles. The molecular formula is C15H21F3IN3O. The van der Waals surface area contributed by atoms with Crippen LogP contribution >= 0.6 is 24.0 Å². The first kappa shape index (κ1) is 19.9. The maximum absolute atomic E-state index is 12.1. The summed E-state index contributed by atoms with van der Waals surface area (Å²) >= 11 is 0. The molecule has 1 aromatic rings. The molecule has 0 atom stereocenters. The molecule has 0 heterocycles. The van der Waals surface area contributed by atoms with Gasteiger partial charge in [0.05, 0.1) is 6.54 Å². The first-order valence-electron chi connectivity index (χ1n) is 7.29. The van der Waals surface area contributed by atoms with Crippen molar-refractivity contribution in [3.8, 4) is 5.75 Å². The van der Waals surface area contributed by atoms with E-state index in [2.05, 4.69) is 20.4 Å². The summed E-state index contributed by atoms with van der Waals surface area (Å²) in [6.07, 6.45) is -2.00. The van der Waals surface area contributed by atoms with E-state index in [1.165, 1.54) is 12.1 Å². The first-order chi connectivity index (χ1) is 10.5. The Morgan fingerprint density at radius 2 is 1.91 bits per heavy atom. The first-order valence-corrected chi connectivity index (χ1v) is 7.29. The Bertz CT molecular complexity index is 502. The van der Waals surface area contributed by atoms with Crippen molar-refractivity contribution < 1.29 is 17.9 Å². The lowest BCUT2D eigenvalue weighted by Crippen LogP contribution is -2.38. The van der Waals surface area contributed by atoms with E-state index < -0.39 is 12.8 Å². The minimum absolute atomic E-state index is 0. The molecule has 0 aromatic heterocycles. The van der Waals surface area contributed by atoms with Crippen LogP contribution in [0.2, 0.25) is 0 Å². The summed E-state index contributed by atoms with van der Waals surface area (Å²) in [5.74, 6) is 0.968. The van der Waals surface area contributed by atoms with Crippen molar-refractivity contribution in [2.45, 2.75) is 38.5 Å². The maximum atomic E-state index is 12.1. The fourth-order valence-corrected chi connectivity index (χ4v) is 1.77. The second-order valence-electron chi connectivity index (χ2n) is 5.16. The van der Waals surface area contributed by atoms with Crippen LogP contribution in [-0.2, 0) is 6.54 Å². The normalized spacial score (nSPS) is 14.9. The molecule has 130 valence electrons. The molecule has 0 aliphatic heterocycles. The second-order valence-corrected chi connectivity index (χ2v) is 5.16. The Balaban J connectivity index is 0.00000264. The van der Waals surface area contributed by atoms with E-state index in [4.69, 9.17) is 0 Å². The molecule has 0 spiro atoms. The van der Waals surface area contributed by atoms with Crippen LogP contribution in [-0.4, -0.2) is 31.3 Å². The third-order valence-corrected chi connectivity index (χ3v) is 3.01. The Morgan fingerprint density at radius 3 is 2.43 bits per heavy atom. The third kappa shape index (κ3) is 8.29. The molecule has 1 fully saturated rings. The zero-order valence-corrected chi connectivity index (χ0v) is 15.2. The van der Waals surface area contributed by atoms with Crippen molar-refractivity contribution in [2.75, 3.05) is 13.2 Å². The predicted molar refractivity (Wildman–Crippen MR) is 94.4 cm³/mol. The SMILES string of the molecule is CCNC(=NCc1ccc(OCC(F)(F)F)cc1)NC1CC1.I. The van der Waals surface area contributed by atoms with Gasteiger partial charge in [0, 0.05) is 12.6 Å². The Hall–Kier alpha value is -1.19. The van der Waals surface area contributed by atoms with Crippen LogP contribution in [0.5, 0.6) is 5.75 Å². The Labute approximate surface area is 150 Å². The molecule has 2 rings (SSSR count). The van der Waals surface area contributed by atoms with Gasteiger partial charge in [-0.05, 0) is 37.5 Å². The van der Waals surface area contributed by atoms with Crippen molar-refractivity contribution in [3.05, 3.63) is 29.8 Å². The van der Waals surface area contributed by atoms with Crippen LogP contribution in [0, 0.1) is 0 Å². The van der Waals surface area contributed by atoms with Crippen molar-refractivity contribution in [1.82, 2.24) is 10.6 Å². The summed E-state index contributed by atoms with van der Waals surface area (Å²) in [4.78, 5) is 4.45. The van der Waals surface area contributed by atoms with Gasteiger partial charge < -0.3 is 15.4 Å². The van der Waals surface area contributed by atoms with E-state index in [1.54, 1.807) is 12.1 Å². The van der Waals surface area contributed by atoms with E-state index in [0.717, 1.165) is 30.9 Å². The van der Waals surface area contributed by atoms with E-state index in [-0.39, 0.29) is 29.7 Å². The minimum Gasteiger partial charge on any atom is -0.484 e. The summed E-state index contributed by atoms with van der Waals surface area (Å²) in [6.45, 7) is 1.96. The molecule has 0 radical (unpaired) electrons. The minimum atomic E-state index is -4.32. The van der Waals surface area contributed by atoms with Gasteiger partial charge in [-0.2, -0.15) is 13.2 Å². The molecular weight excluding hydrogens is 422 g/mol. The molecule has 1 aliphatic rings. The quantitative estimate of drug-likeness (QED) is 0.402. The fraction of sp³-hybridized carbons (Fsp3) is 0.533. The maximum Gasteiger partial charge on any atom is 0.422 e. The molecule has 4 nitrogen and oxygen atoms in total. The smallest absolute Gasteiger partial charge is 0.422 e. The summed E-state index contributed by atoms with van der Waals surface area (Å²) < 4.78 is 40.8. The number of alkyl halides is 3. The van der Waals surface area contributed by atoms with Gasteiger partial charge in [-0.25, -0.2) is 4.99 Å². The number of guanidine groups is 1. The topological polar surface area (TPSA) is 45.7 Å². The van der Waals surface area contributed by atoms with Gasteiger partial charge in [-0.1, -0.05) is 12.1 Å². The standard InChI is InChI=1S/C15H20F3N3O.HI/c1-2-19-14(21-12-5-6-12)20-9-11-3-7-13(8-4-11)22-10-15(16,17)18;/h3-4,7-8,12H,2,5-6,9-10H2,1H3,(H2,19,20,21);1H. The van der Waals surface area contributed by atoms with E-state index >= 15 is 0 Å². The highest BCUT2D eigenvalue weighted by atomic mass is 127. The molecule has 0 bridgehead atoms. The van der Waals surface area contributed by atoms with Gasteiger partial charge in [-0.3, -0.25) is 0 Å². The summed E-state index contributed by atoms with van der Waals surface area (Å²) in [5, 5.41) is 6.46. The number of ether oxygens (including phenoxy) is 1. The lowest BCUT2D eigenvalue weighted by molar-refractivity contribution is -0.153. The van der Waals surface area contributed by atoms with Crippen LogP contribution in [0.15, 0.2) is 29.3 Å². The molecule has 8 heteroatoms.